The highest BCUT2D eigenvalue weighted by Gasteiger charge is 2.28. The number of carboxylic acid groups (broad SMARTS) is 1. The second-order valence-electron chi connectivity index (χ2n) is 8.03. The Morgan fingerprint density at radius 1 is 0.941 bits per heavy atom. The summed E-state index contributed by atoms with van der Waals surface area (Å²) in [5.41, 5.74) is 4.68. The second kappa shape index (κ2) is 13.3. The minimum atomic E-state index is -1.16. The fraction of sp³-hybridized carbons (Fsp3) is 0.423. The third-order valence-electron chi connectivity index (χ3n) is 5.74. The summed E-state index contributed by atoms with van der Waals surface area (Å²) in [4.78, 5) is 34.9. The molecule has 2 aromatic carbocycles. The van der Waals surface area contributed by atoms with Crippen molar-refractivity contribution in [1.29, 1.82) is 0 Å². The van der Waals surface area contributed by atoms with Gasteiger partial charge in [-0.2, -0.15) is 0 Å². The van der Waals surface area contributed by atoms with Crippen molar-refractivity contribution in [3.63, 3.8) is 0 Å². The van der Waals surface area contributed by atoms with Crippen molar-refractivity contribution < 1.29 is 29.3 Å². The molecule has 1 aliphatic carbocycles. The van der Waals surface area contributed by atoms with Crippen LogP contribution < -0.4 is 10.6 Å². The SMILES string of the molecule is C.O=C(CCCCCNC(=O)OCC1c2ccccc2-c2ccccc21)NC(CCO)C(=O)O. The fourth-order valence-corrected chi connectivity index (χ4v) is 4.08. The predicted molar refractivity (Wildman–Crippen MR) is 130 cm³/mol. The molecule has 0 saturated carbocycles. The van der Waals surface area contributed by atoms with Crippen LogP contribution in [0.5, 0.6) is 0 Å². The van der Waals surface area contributed by atoms with Crippen molar-refractivity contribution >= 4 is 18.0 Å². The number of fused-ring (bicyclic) bond motifs is 3. The molecule has 3 rings (SSSR count). The average Bonchev–Trinajstić information content (AvgIpc) is 3.13. The minimum absolute atomic E-state index is 0. The van der Waals surface area contributed by atoms with Crippen LogP contribution in [0.1, 0.15) is 56.6 Å². The summed E-state index contributed by atoms with van der Waals surface area (Å²) in [5.74, 6) is -1.51. The largest absolute Gasteiger partial charge is 0.480 e. The van der Waals surface area contributed by atoms with Gasteiger partial charge in [0.15, 0.2) is 0 Å². The maximum atomic E-state index is 12.1. The number of ether oxygens (including phenoxy) is 1. The number of unbranched alkanes of at least 4 members (excludes halogenated alkanes) is 2. The molecule has 0 aliphatic heterocycles. The van der Waals surface area contributed by atoms with E-state index in [1.54, 1.807) is 0 Å². The van der Waals surface area contributed by atoms with Gasteiger partial charge in [-0.15, -0.1) is 0 Å². The number of aliphatic carboxylic acids is 1. The van der Waals surface area contributed by atoms with Crippen LogP contribution in [0.2, 0.25) is 0 Å². The lowest BCUT2D eigenvalue weighted by Crippen LogP contribution is -2.41. The number of amides is 2. The number of carboxylic acids is 1. The standard InChI is InChI=1S/C25H30N2O6.CH4/c28-15-13-22(24(30)31)27-23(29)12-2-1-7-14-26-25(32)33-16-21-19-10-5-3-8-17(19)18-9-4-6-11-20(18)21;/h3-6,8-11,21-22,28H,1-2,7,12-16H2,(H,26,32)(H,27,29)(H,30,31);1H4. The summed E-state index contributed by atoms with van der Waals surface area (Å²) < 4.78 is 5.48. The van der Waals surface area contributed by atoms with E-state index in [-0.39, 0.29) is 45.3 Å². The number of carbonyl (C=O) groups excluding carboxylic acids is 2. The van der Waals surface area contributed by atoms with Gasteiger partial charge in [-0.25, -0.2) is 9.59 Å². The molecule has 1 atom stereocenters. The first-order valence-electron chi connectivity index (χ1n) is 11.2. The Bertz CT molecular complexity index is 932. The third kappa shape index (κ3) is 7.05. The predicted octanol–water partition coefficient (Wildman–Crippen LogP) is 3.67. The molecule has 0 spiro atoms. The molecule has 8 heteroatoms. The van der Waals surface area contributed by atoms with Gasteiger partial charge in [0.2, 0.25) is 5.91 Å². The first kappa shape index (κ1) is 26.9. The molecule has 1 unspecified atom stereocenters. The highest BCUT2D eigenvalue weighted by atomic mass is 16.5. The van der Waals surface area contributed by atoms with E-state index in [2.05, 4.69) is 34.9 Å². The Labute approximate surface area is 200 Å². The van der Waals surface area contributed by atoms with Crippen LogP contribution >= 0.6 is 0 Å². The van der Waals surface area contributed by atoms with E-state index in [9.17, 15) is 14.4 Å². The van der Waals surface area contributed by atoms with Gasteiger partial charge in [0.05, 0.1) is 0 Å². The number of aliphatic hydroxyl groups excluding tert-OH is 1. The molecule has 4 N–H and O–H groups in total. The summed E-state index contributed by atoms with van der Waals surface area (Å²) in [6, 6.07) is 15.2. The van der Waals surface area contributed by atoms with Gasteiger partial charge >= 0.3 is 12.1 Å². The zero-order chi connectivity index (χ0) is 23.6. The summed E-state index contributed by atoms with van der Waals surface area (Å²) >= 11 is 0. The summed E-state index contributed by atoms with van der Waals surface area (Å²) in [7, 11) is 0. The quantitative estimate of drug-likeness (QED) is 0.351. The number of hydrogen-bond acceptors (Lipinski definition) is 5. The van der Waals surface area contributed by atoms with E-state index in [4.69, 9.17) is 14.9 Å². The van der Waals surface area contributed by atoms with Crippen LogP contribution in [-0.2, 0) is 14.3 Å². The zero-order valence-corrected chi connectivity index (χ0v) is 18.5. The lowest BCUT2D eigenvalue weighted by atomic mass is 9.98. The number of carbonyl (C=O) groups is 3. The fourth-order valence-electron chi connectivity index (χ4n) is 4.08. The molecule has 1 aliphatic rings. The Morgan fingerprint density at radius 3 is 2.15 bits per heavy atom. The molecule has 0 heterocycles. The van der Waals surface area contributed by atoms with Crippen molar-refractivity contribution in [2.75, 3.05) is 19.8 Å². The van der Waals surface area contributed by atoms with E-state index in [0.29, 0.717) is 25.8 Å². The molecular formula is C26H34N2O6. The van der Waals surface area contributed by atoms with Gasteiger partial charge in [-0.3, -0.25) is 4.79 Å². The molecule has 184 valence electrons. The Balaban J connectivity index is 0.00000408. The Hall–Kier alpha value is -3.39. The lowest BCUT2D eigenvalue weighted by Gasteiger charge is -2.14. The molecule has 0 fully saturated rings. The number of alkyl carbamates (subject to hydrolysis) is 1. The topological polar surface area (TPSA) is 125 Å². The summed E-state index contributed by atoms with van der Waals surface area (Å²) in [5, 5.41) is 23.0. The molecule has 2 amide bonds. The van der Waals surface area contributed by atoms with Crippen molar-refractivity contribution in [2.45, 2.75) is 51.5 Å². The van der Waals surface area contributed by atoms with Gasteiger partial charge < -0.3 is 25.6 Å². The van der Waals surface area contributed by atoms with Crippen LogP contribution in [0.3, 0.4) is 0 Å². The molecular weight excluding hydrogens is 436 g/mol. The minimum Gasteiger partial charge on any atom is -0.480 e. The molecule has 2 aromatic rings. The third-order valence-corrected chi connectivity index (χ3v) is 5.74. The molecule has 8 nitrogen and oxygen atoms in total. The first-order valence-corrected chi connectivity index (χ1v) is 11.2. The van der Waals surface area contributed by atoms with Gasteiger partial charge in [0, 0.05) is 31.9 Å². The van der Waals surface area contributed by atoms with Crippen LogP contribution in [0, 0.1) is 0 Å². The maximum Gasteiger partial charge on any atom is 0.407 e. The van der Waals surface area contributed by atoms with Gasteiger partial charge in [-0.05, 0) is 35.1 Å². The maximum absolute atomic E-state index is 12.1. The number of rotatable bonds is 12. The highest BCUT2D eigenvalue weighted by molar-refractivity contribution is 5.83. The van der Waals surface area contributed by atoms with Crippen molar-refractivity contribution in [2.24, 2.45) is 0 Å². The van der Waals surface area contributed by atoms with Crippen LogP contribution in [0.25, 0.3) is 11.1 Å². The first-order chi connectivity index (χ1) is 16.0. The molecule has 0 bridgehead atoms. The molecule has 0 aromatic heterocycles. The zero-order valence-electron chi connectivity index (χ0n) is 18.5. The number of hydrogen-bond donors (Lipinski definition) is 4. The van der Waals surface area contributed by atoms with E-state index >= 15 is 0 Å². The average molecular weight is 471 g/mol. The van der Waals surface area contributed by atoms with E-state index in [1.807, 2.05) is 24.3 Å². The Kier molecular flexibility index (Phi) is 10.5. The van der Waals surface area contributed by atoms with E-state index in [0.717, 1.165) is 11.1 Å². The summed E-state index contributed by atoms with van der Waals surface area (Å²) in [6.07, 6.45) is 1.66. The van der Waals surface area contributed by atoms with Crippen LogP contribution in [0.15, 0.2) is 48.5 Å². The van der Waals surface area contributed by atoms with E-state index in [1.165, 1.54) is 11.1 Å². The van der Waals surface area contributed by atoms with Crippen molar-refractivity contribution in [3.8, 4) is 11.1 Å². The number of aliphatic hydroxyl groups is 1. The van der Waals surface area contributed by atoms with Crippen LogP contribution in [-0.4, -0.2) is 54.0 Å². The van der Waals surface area contributed by atoms with E-state index < -0.39 is 18.1 Å². The number of nitrogens with one attached hydrogen (secondary N) is 2. The monoisotopic (exact) mass is 470 g/mol. The Morgan fingerprint density at radius 2 is 1.56 bits per heavy atom. The van der Waals surface area contributed by atoms with Gasteiger partial charge in [-0.1, -0.05) is 62.4 Å². The molecule has 34 heavy (non-hydrogen) atoms. The van der Waals surface area contributed by atoms with Gasteiger partial charge in [0.1, 0.15) is 12.6 Å². The van der Waals surface area contributed by atoms with Gasteiger partial charge in [0.25, 0.3) is 0 Å². The smallest absolute Gasteiger partial charge is 0.407 e. The van der Waals surface area contributed by atoms with Crippen molar-refractivity contribution in [3.05, 3.63) is 59.7 Å². The number of benzene rings is 2. The summed E-state index contributed by atoms with van der Waals surface area (Å²) in [6.45, 7) is 0.387. The lowest BCUT2D eigenvalue weighted by molar-refractivity contribution is -0.142. The molecule has 0 radical (unpaired) electrons. The van der Waals surface area contributed by atoms with Crippen LogP contribution in [0.4, 0.5) is 4.79 Å². The second-order valence-corrected chi connectivity index (χ2v) is 8.03. The van der Waals surface area contributed by atoms with Crippen molar-refractivity contribution in [1.82, 2.24) is 10.6 Å². The normalized spacial score (nSPS) is 12.6. The molecule has 0 saturated heterocycles. The highest BCUT2D eigenvalue weighted by Crippen LogP contribution is 2.44.